The number of fused-ring (bicyclic) bond motifs is 1. The number of ether oxygens (including phenoxy) is 1. The summed E-state index contributed by atoms with van der Waals surface area (Å²) in [5, 5.41) is 3.34. The predicted octanol–water partition coefficient (Wildman–Crippen LogP) is 3.00. The van der Waals surface area contributed by atoms with E-state index in [1.165, 1.54) is 5.56 Å². The summed E-state index contributed by atoms with van der Waals surface area (Å²) in [4.78, 5) is 4.50. The summed E-state index contributed by atoms with van der Waals surface area (Å²) in [5.74, 6) is 1.91. The monoisotopic (exact) mass is 257 g/mol. The fourth-order valence-electron chi connectivity index (χ4n) is 2.62. The maximum atomic E-state index is 5.49. The summed E-state index contributed by atoms with van der Waals surface area (Å²) < 4.78 is 7.72. The third kappa shape index (κ3) is 2.30. The molecule has 2 heterocycles. The molecule has 4 nitrogen and oxygen atoms in total. The van der Waals surface area contributed by atoms with Crippen LogP contribution in [0.25, 0.3) is 0 Å². The molecule has 2 aromatic rings. The molecule has 0 saturated carbocycles. The van der Waals surface area contributed by atoms with Crippen LogP contribution in [0.4, 0.5) is 5.95 Å². The normalized spacial score (nSPS) is 17.7. The van der Waals surface area contributed by atoms with E-state index in [9.17, 15) is 0 Å². The van der Waals surface area contributed by atoms with Crippen LogP contribution >= 0.6 is 0 Å². The maximum Gasteiger partial charge on any atom is 0.203 e. The maximum absolute atomic E-state index is 5.49. The minimum atomic E-state index is 0.369. The molecule has 0 spiro atoms. The number of aryl methyl sites for hydroxylation is 1. The standard InChI is InChI=1S/C15H19N3O/c1-3-19-13-6-4-12(5-7-13)14-8-9-16-15-17-11(2)10-18(14)15/h4-7,10,14H,3,8-9H2,1-2H3,(H,16,17). The quantitative estimate of drug-likeness (QED) is 0.918. The molecule has 0 amide bonds. The lowest BCUT2D eigenvalue weighted by atomic mass is 10.0. The van der Waals surface area contributed by atoms with E-state index in [4.69, 9.17) is 4.74 Å². The van der Waals surface area contributed by atoms with Crippen LogP contribution in [0, 0.1) is 6.92 Å². The lowest BCUT2D eigenvalue weighted by molar-refractivity contribution is 0.340. The zero-order valence-corrected chi connectivity index (χ0v) is 11.4. The van der Waals surface area contributed by atoms with Gasteiger partial charge in [-0.25, -0.2) is 4.98 Å². The summed E-state index contributed by atoms with van der Waals surface area (Å²) in [6, 6.07) is 8.77. The highest BCUT2D eigenvalue weighted by Gasteiger charge is 2.21. The van der Waals surface area contributed by atoms with Crippen LogP contribution < -0.4 is 10.1 Å². The van der Waals surface area contributed by atoms with Crippen LogP contribution in [0.1, 0.15) is 30.6 Å². The number of aromatic nitrogens is 2. The molecule has 0 radical (unpaired) electrons. The van der Waals surface area contributed by atoms with E-state index in [0.29, 0.717) is 12.6 Å². The third-order valence-corrected chi connectivity index (χ3v) is 3.47. The molecule has 1 aliphatic rings. The van der Waals surface area contributed by atoms with Crippen molar-refractivity contribution < 1.29 is 4.74 Å². The minimum absolute atomic E-state index is 0.369. The highest BCUT2D eigenvalue weighted by atomic mass is 16.5. The van der Waals surface area contributed by atoms with Crippen LogP contribution in [0.3, 0.4) is 0 Å². The van der Waals surface area contributed by atoms with Gasteiger partial charge < -0.3 is 14.6 Å². The van der Waals surface area contributed by atoms with E-state index < -0.39 is 0 Å². The molecule has 0 fully saturated rings. The Morgan fingerprint density at radius 2 is 2.16 bits per heavy atom. The number of nitrogens with one attached hydrogen (secondary N) is 1. The first-order valence-electron chi connectivity index (χ1n) is 6.80. The van der Waals surface area contributed by atoms with Gasteiger partial charge in [-0.1, -0.05) is 12.1 Å². The highest BCUT2D eigenvalue weighted by molar-refractivity contribution is 5.37. The number of anilines is 1. The summed E-state index contributed by atoms with van der Waals surface area (Å²) in [7, 11) is 0. The Morgan fingerprint density at radius 3 is 2.89 bits per heavy atom. The second-order valence-corrected chi connectivity index (χ2v) is 4.85. The Balaban J connectivity index is 1.90. The van der Waals surface area contributed by atoms with Gasteiger partial charge in [-0.2, -0.15) is 0 Å². The van der Waals surface area contributed by atoms with E-state index >= 15 is 0 Å². The number of nitrogens with zero attached hydrogens (tertiary/aromatic N) is 2. The summed E-state index contributed by atoms with van der Waals surface area (Å²) in [6.07, 6.45) is 3.19. The molecule has 1 aliphatic heterocycles. The van der Waals surface area contributed by atoms with Crippen molar-refractivity contribution in [2.75, 3.05) is 18.5 Å². The molecule has 3 rings (SSSR count). The molecule has 0 bridgehead atoms. The molecular formula is C15H19N3O. The third-order valence-electron chi connectivity index (χ3n) is 3.47. The number of benzene rings is 1. The van der Waals surface area contributed by atoms with E-state index in [0.717, 1.165) is 30.4 Å². The number of hydrogen-bond donors (Lipinski definition) is 1. The number of rotatable bonds is 3. The summed E-state index contributed by atoms with van der Waals surface area (Å²) >= 11 is 0. The van der Waals surface area contributed by atoms with E-state index in [-0.39, 0.29) is 0 Å². The SMILES string of the molecule is CCOc1ccc(C2CCNc3nc(C)cn32)cc1. The second-order valence-electron chi connectivity index (χ2n) is 4.85. The van der Waals surface area contributed by atoms with Crippen molar-refractivity contribution in [2.24, 2.45) is 0 Å². The first kappa shape index (κ1) is 12.1. The van der Waals surface area contributed by atoms with Crippen LogP contribution in [0.15, 0.2) is 30.5 Å². The molecular weight excluding hydrogens is 238 g/mol. The van der Waals surface area contributed by atoms with Crippen LogP contribution in [-0.4, -0.2) is 22.7 Å². The molecule has 1 N–H and O–H groups in total. The molecule has 100 valence electrons. The van der Waals surface area contributed by atoms with Crippen molar-refractivity contribution in [1.29, 1.82) is 0 Å². The van der Waals surface area contributed by atoms with Crippen LogP contribution in [-0.2, 0) is 0 Å². The van der Waals surface area contributed by atoms with Crippen molar-refractivity contribution in [3.05, 3.63) is 41.7 Å². The van der Waals surface area contributed by atoms with Gasteiger partial charge in [-0.15, -0.1) is 0 Å². The van der Waals surface area contributed by atoms with Gasteiger partial charge in [0.25, 0.3) is 0 Å². The topological polar surface area (TPSA) is 39.1 Å². The van der Waals surface area contributed by atoms with Gasteiger partial charge in [0.2, 0.25) is 5.95 Å². The lowest BCUT2D eigenvalue weighted by Gasteiger charge is -2.26. The van der Waals surface area contributed by atoms with Gasteiger partial charge in [0.1, 0.15) is 5.75 Å². The first-order valence-corrected chi connectivity index (χ1v) is 6.80. The molecule has 1 unspecified atom stereocenters. The van der Waals surface area contributed by atoms with Gasteiger partial charge >= 0.3 is 0 Å². The summed E-state index contributed by atoms with van der Waals surface area (Å²) in [5.41, 5.74) is 2.36. The molecule has 0 saturated heterocycles. The first-order chi connectivity index (χ1) is 9.28. The van der Waals surface area contributed by atoms with Gasteiger partial charge in [-0.05, 0) is 38.0 Å². The van der Waals surface area contributed by atoms with Crippen LogP contribution in [0.5, 0.6) is 5.75 Å². The number of hydrogen-bond acceptors (Lipinski definition) is 3. The molecule has 1 aromatic heterocycles. The predicted molar refractivity (Wildman–Crippen MR) is 75.8 cm³/mol. The average Bonchev–Trinajstić information content (AvgIpc) is 2.80. The van der Waals surface area contributed by atoms with Gasteiger partial charge in [0.15, 0.2) is 0 Å². The van der Waals surface area contributed by atoms with Crippen LogP contribution in [0.2, 0.25) is 0 Å². The zero-order chi connectivity index (χ0) is 13.2. The van der Waals surface area contributed by atoms with E-state index in [1.54, 1.807) is 0 Å². The van der Waals surface area contributed by atoms with E-state index in [2.05, 4.69) is 33.2 Å². The van der Waals surface area contributed by atoms with Gasteiger partial charge in [-0.3, -0.25) is 0 Å². The van der Waals surface area contributed by atoms with Crippen molar-refractivity contribution in [1.82, 2.24) is 9.55 Å². The molecule has 1 aromatic carbocycles. The number of imidazole rings is 1. The van der Waals surface area contributed by atoms with Crippen molar-refractivity contribution in [3.8, 4) is 5.75 Å². The van der Waals surface area contributed by atoms with Crippen molar-refractivity contribution in [2.45, 2.75) is 26.3 Å². The second kappa shape index (κ2) is 4.96. The molecule has 19 heavy (non-hydrogen) atoms. The summed E-state index contributed by atoms with van der Waals surface area (Å²) in [6.45, 7) is 5.70. The van der Waals surface area contributed by atoms with Crippen molar-refractivity contribution >= 4 is 5.95 Å². The fourth-order valence-corrected chi connectivity index (χ4v) is 2.62. The minimum Gasteiger partial charge on any atom is -0.494 e. The molecule has 4 heteroatoms. The fraction of sp³-hybridized carbons (Fsp3) is 0.400. The Bertz CT molecular complexity index is 559. The van der Waals surface area contributed by atoms with Gasteiger partial charge in [0, 0.05) is 12.7 Å². The zero-order valence-electron chi connectivity index (χ0n) is 11.4. The van der Waals surface area contributed by atoms with Gasteiger partial charge in [0.05, 0.1) is 18.3 Å². The van der Waals surface area contributed by atoms with Crippen molar-refractivity contribution in [3.63, 3.8) is 0 Å². The lowest BCUT2D eigenvalue weighted by Crippen LogP contribution is -2.23. The van der Waals surface area contributed by atoms with E-state index in [1.807, 2.05) is 26.0 Å². The largest absolute Gasteiger partial charge is 0.494 e. The smallest absolute Gasteiger partial charge is 0.203 e. The Morgan fingerprint density at radius 1 is 1.37 bits per heavy atom. The molecule has 0 aliphatic carbocycles. The Labute approximate surface area is 113 Å². The molecule has 1 atom stereocenters. The average molecular weight is 257 g/mol. The highest BCUT2D eigenvalue weighted by Crippen LogP contribution is 2.30. The Hall–Kier alpha value is -1.97. The Kier molecular flexibility index (Phi) is 3.15.